The molecule has 6 rings (SSSR count). The first-order valence-electron chi connectivity index (χ1n) is 10.6. The summed E-state index contributed by atoms with van der Waals surface area (Å²) in [5.74, 6) is 3.75. The zero-order valence-electron chi connectivity index (χ0n) is 17.7. The molecular formula is C23H28N2O4S. The first kappa shape index (κ1) is 19.7. The average Bonchev–Trinajstić information content (AvgIpc) is 3.21. The second kappa shape index (κ2) is 7.45. The number of hydrogen-bond donors (Lipinski definition) is 1. The van der Waals surface area contributed by atoms with Gasteiger partial charge in [0, 0.05) is 16.4 Å². The van der Waals surface area contributed by atoms with E-state index in [-0.39, 0.29) is 11.3 Å². The molecule has 4 saturated carbocycles. The Morgan fingerprint density at radius 3 is 2.07 bits per heavy atom. The molecule has 0 aliphatic heterocycles. The lowest BCUT2D eigenvalue weighted by atomic mass is 9.49. The maximum absolute atomic E-state index is 12.9. The van der Waals surface area contributed by atoms with Crippen molar-refractivity contribution < 1.29 is 19.0 Å². The summed E-state index contributed by atoms with van der Waals surface area (Å²) in [6.45, 7) is 0. The number of carbonyl (C=O) groups is 1. The molecular weight excluding hydrogens is 400 g/mol. The van der Waals surface area contributed by atoms with E-state index in [1.54, 1.807) is 19.2 Å². The van der Waals surface area contributed by atoms with Crippen LogP contribution in [-0.4, -0.2) is 32.2 Å². The molecule has 4 bridgehead atoms. The van der Waals surface area contributed by atoms with Crippen molar-refractivity contribution in [1.29, 1.82) is 0 Å². The normalized spacial score (nSPS) is 29.0. The molecule has 1 amide bonds. The van der Waals surface area contributed by atoms with Crippen molar-refractivity contribution >= 4 is 22.4 Å². The van der Waals surface area contributed by atoms with E-state index in [9.17, 15) is 4.79 Å². The second-order valence-electron chi connectivity index (χ2n) is 9.10. The lowest BCUT2D eigenvalue weighted by Gasteiger charge is -2.56. The van der Waals surface area contributed by atoms with E-state index in [4.69, 9.17) is 19.2 Å². The van der Waals surface area contributed by atoms with Crippen LogP contribution in [0.4, 0.5) is 5.13 Å². The minimum Gasteiger partial charge on any atom is -0.493 e. The number of nitrogens with zero attached hydrogens (tertiary/aromatic N) is 1. The van der Waals surface area contributed by atoms with E-state index >= 15 is 0 Å². The predicted octanol–water partition coefficient (Wildman–Crippen LogP) is 4.89. The average molecular weight is 429 g/mol. The Labute approximate surface area is 180 Å². The number of hydrogen-bond acceptors (Lipinski definition) is 6. The molecule has 4 aliphatic rings. The fourth-order valence-corrected chi connectivity index (χ4v) is 7.21. The molecule has 0 spiro atoms. The van der Waals surface area contributed by atoms with Gasteiger partial charge in [0.1, 0.15) is 0 Å². The first-order valence-corrected chi connectivity index (χ1v) is 11.5. The maximum atomic E-state index is 12.9. The van der Waals surface area contributed by atoms with Gasteiger partial charge in [-0.15, -0.1) is 11.3 Å². The topological polar surface area (TPSA) is 69.7 Å². The standard InChI is InChI=1S/C23H28N2O4S/c1-27-17-7-16(8-18(28-2)20(17)29-3)21(26)25-22-24-19(12-30-22)23-9-13-4-14(10-23)6-15(5-13)11-23/h7-8,12-15H,4-6,9-11H2,1-3H3,(H,24,25,26). The molecule has 6 nitrogen and oxygen atoms in total. The van der Waals surface area contributed by atoms with Gasteiger partial charge in [-0.3, -0.25) is 10.1 Å². The highest BCUT2D eigenvalue weighted by Gasteiger charge is 2.52. The molecule has 0 atom stereocenters. The molecule has 0 radical (unpaired) electrons. The number of ether oxygens (including phenoxy) is 3. The minimum absolute atomic E-state index is 0.235. The third-order valence-corrected chi connectivity index (χ3v) is 7.99. The first-order chi connectivity index (χ1) is 14.5. The largest absolute Gasteiger partial charge is 0.493 e. The molecule has 4 aliphatic carbocycles. The number of nitrogens with one attached hydrogen (secondary N) is 1. The molecule has 30 heavy (non-hydrogen) atoms. The van der Waals surface area contributed by atoms with Crippen molar-refractivity contribution in [3.63, 3.8) is 0 Å². The van der Waals surface area contributed by atoms with E-state index in [0.717, 1.165) is 17.8 Å². The van der Waals surface area contributed by atoms with Gasteiger partial charge in [0.05, 0.1) is 27.0 Å². The Balaban J connectivity index is 1.36. The van der Waals surface area contributed by atoms with Crippen molar-refractivity contribution in [1.82, 2.24) is 4.98 Å². The molecule has 160 valence electrons. The minimum atomic E-state index is -0.235. The van der Waals surface area contributed by atoms with Crippen LogP contribution in [0.2, 0.25) is 0 Å². The Kier molecular flexibility index (Phi) is 4.88. The number of anilines is 1. The Bertz CT molecular complexity index is 910. The molecule has 1 heterocycles. The molecule has 4 fully saturated rings. The van der Waals surface area contributed by atoms with Crippen molar-refractivity contribution in [3.05, 3.63) is 28.8 Å². The van der Waals surface area contributed by atoms with Gasteiger partial charge >= 0.3 is 0 Å². The molecule has 1 N–H and O–H groups in total. The van der Waals surface area contributed by atoms with Crippen LogP contribution in [0.3, 0.4) is 0 Å². The van der Waals surface area contributed by atoms with Crippen LogP contribution in [-0.2, 0) is 5.41 Å². The fourth-order valence-electron chi connectivity index (χ4n) is 6.38. The number of thiazole rings is 1. The lowest BCUT2D eigenvalue weighted by molar-refractivity contribution is -0.00688. The van der Waals surface area contributed by atoms with Gasteiger partial charge in [0.25, 0.3) is 5.91 Å². The monoisotopic (exact) mass is 428 g/mol. The van der Waals surface area contributed by atoms with Crippen LogP contribution < -0.4 is 19.5 Å². The second-order valence-corrected chi connectivity index (χ2v) is 9.96. The number of amides is 1. The molecule has 1 aromatic carbocycles. The molecule has 0 unspecified atom stereocenters. The Morgan fingerprint density at radius 1 is 1.00 bits per heavy atom. The van der Waals surface area contributed by atoms with E-state index < -0.39 is 0 Å². The smallest absolute Gasteiger partial charge is 0.257 e. The van der Waals surface area contributed by atoms with Gasteiger partial charge in [-0.2, -0.15) is 0 Å². The van der Waals surface area contributed by atoms with Crippen molar-refractivity contribution in [2.45, 2.75) is 43.9 Å². The van der Waals surface area contributed by atoms with Gasteiger partial charge in [-0.1, -0.05) is 0 Å². The molecule has 0 saturated heterocycles. The third kappa shape index (κ3) is 3.23. The summed E-state index contributed by atoms with van der Waals surface area (Å²) in [7, 11) is 4.62. The van der Waals surface area contributed by atoms with Crippen LogP contribution in [0, 0.1) is 17.8 Å². The third-order valence-electron chi connectivity index (χ3n) is 7.23. The van der Waals surface area contributed by atoms with E-state index in [1.807, 2.05) is 0 Å². The van der Waals surface area contributed by atoms with Gasteiger partial charge in [-0.25, -0.2) is 4.98 Å². The van der Waals surface area contributed by atoms with Gasteiger partial charge in [-0.05, 0) is 68.4 Å². The summed E-state index contributed by atoms with van der Waals surface area (Å²) >= 11 is 1.52. The number of methoxy groups -OCH3 is 3. The summed E-state index contributed by atoms with van der Waals surface area (Å²) in [6, 6.07) is 3.31. The fraction of sp³-hybridized carbons (Fsp3) is 0.565. The van der Waals surface area contributed by atoms with Crippen LogP contribution in [0.25, 0.3) is 0 Å². The SMILES string of the molecule is COc1cc(C(=O)Nc2nc(C34CC5CC(CC(C5)C3)C4)cs2)cc(OC)c1OC. The van der Waals surface area contributed by atoms with E-state index in [1.165, 1.54) is 69.8 Å². The number of carbonyl (C=O) groups excluding carboxylic acids is 1. The summed E-state index contributed by atoms with van der Waals surface area (Å²) in [5, 5.41) is 5.78. The zero-order valence-corrected chi connectivity index (χ0v) is 18.5. The van der Waals surface area contributed by atoms with E-state index in [0.29, 0.717) is 27.9 Å². The Morgan fingerprint density at radius 2 is 1.57 bits per heavy atom. The maximum Gasteiger partial charge on any atom is 0.257 e. The zero-order chi connectivity index (χ0) is 20.9. The number of benzene rings is 1. The Hall–Kier alpha value is -2.28. The summed E-state index contributed by atoms with van der Waals surface area (Å²) in [5.41, 5.74) is 1.86. The number of rotatable bonds is 6. The van der Waals surface area contributed by atoms with Crippen molar-refractivity contribution in [3.8, 4) is 17.2 Å². The quantitative estimate of drug-likeness (QED) is 0.709. The van der Waals surface area contributed by atoms with Gasteiger partial charge in [0.15, 0.2) is 16.6 Å². The van der Waals surface area contributed by atoms with Crippen LogP contribution in [0.1, 0.15) is 54.6 Å². The van der Waals surface area contributed by atoms with Crippen molar-refractivity contribution in [2.24, 2.45) is 17.8 Å². The highest BCUT2D eigenvalue weighted by molar-refractivity contribution is 7.14. The highest BCUT2D eigenvalue weighted by Crippen LogP contribution is 2.60. The summed E-state index contributed by atoms with van der Waals surface area (Å²) < 4.78 is 16.1. The van der Waals surface area contributed by atoms with E-state index in [2.05, 4.69) is 10.7 Å². The predicted molar refractivity (Wildman–Crippen MR) is 116 cm³/mol. The lowest BCUT2D eigenvalue weighted by Crippen LogP contribution is -2.48. The number of aromatic nitrogens is 1. The van der Waals surface area contributed by atoms with Crippen molar-refractivity contribution in [2.75, 3.05) is 26.6 Å². The highest BCUT2D eigenvalue weighted by atomic mass is 32.1. The van der Waals surface area contributed by atoms with Crippen LogP contribution in [0.5, 0.6) is 17.2 Å². The molecule has 1 aromatic heterocycles. The van der Waals surface area contributed by atoms with Gasteiger partial charge in [0.2, 0.25) is 5.75 Å². The van der Waals surface area contributed by atoms with Crippen LogP contribution in [0.15, 0.2) is 17.5 Å². The van der Waals surface area contributed by atoms with Gasteiger partial charge < -0.3 is 14.2 Å². The molecule has 7 heteroatoms. The summed E-state index contributed by atoms with van der Waals surface area (Å²) in [6.07, 6.45) is 8.03. The summed E-state index contributed by atoms with van der Waals surface area (Å²) in [4.78, 5) is 17.8. The molecule has 2 aromatic rings. The van der Waals surface area contributed by atoms with Crippen LogP contribution >= 0.6 is 11.3 Å².